The van der Waals surface area contributed by atoms with Gasteiger partial charge in [-0.3, -0.25) is 10.1 Å². The van der Waals surface area contributed by atoms with Crippen LogP contribution in [0.15, 0.2) is 18.2 Å². The van der Waals surface area contributed by atoms with Crippen LogP contribution >= 0.6 is 0 Å². The number of hydrogen-bond acceptors (Lipinski definition) is 4. The highest BCUT2D eigenvalue weighted by molar-refractivity contribution is 5.43. The van der Waals surface area contributed by atoms with Crippen LogP contribution < -0.4 is 5.32 Å². The van der Waals surface area contributed by atoms with Gasteiger partial charge in [0.2, 0.25) is 0 Å². The summed E-state index contributed by atoms with van der Waals surface area (Å²) in [6.07, 6.45) is 1.06. The van der Waals surface area contributed by atoms with E-state index in [0.717, 1.165) is 25.1 Å². The van der Waals surface area contributed by atoms with Crippen molar-refractivity contribution < 1.29 is 4.92 Å². The van der Waals surface area contributed by atoms with Crippen molar-refractivity contribution in [2.24, 2.45) is 0 Å². The monoisotopic (exact) mass is 293 g/mol. The average Bonchev–Trinajstić information content (AvgIpc) is 2.43. The van der Waals surface area contributed by atoms with E-state index < -0.39 is 0 Å². The molecule has 118 valence electrons. The largest absolute Gasteiger partial charge is 0.310 e. The molecule has 0 aliphatic carbocycles. The molecule has 1 aromatic rings. The fourth-order valence-corrected chi connectivity index (χ4v) is 2.12. The number of nitro benzene ring substituents is 1. The van der Waals surface area contributed by atoms with Crippen LogP contribution in [0.2, 0.25) is 0 Å². The van der Waals surface area contributed by atoms with Crippen molar-refractivity contribution >= 4 is 5.69 Å². The SMILES string of the molecule is Cc1ccc(C(C)NCCCN(C)C(C)C)cc1[N+](=O)[O-]. The third kappa shape index (κ3) is 5.44. The van der Waals surface area contributed by atoms with Crippen molar-refractivity contribution in [2.75, 3.05) is 20.1 Å². The van der Waals surface area contributed by atoms with E-state index >= 15 is 0 Å². The number of aryl methyl sites for hydroxylation is 1. The highest BCUT2D eigenvalue weighted by atomic mass is 16.6. The van der Waals surface area contributed by atoms with E-state index in [2.05, 4.69) is 31.1 Å². The fraction of sp³-hybridized carbons (Fsp3) is 0.625. The minimum absolute atomic E-state index is 0.119. The van der Waals surface area contributed by atoms with E-state index in [4.69, 9.17) is 0 Å². The van der Waals surface area contributed by atoms with E-state index in [9.17, 15) is 10.1 Å². The van der Waals surface area contributed by atoms with E-state index in [-0.39, 0.29) is 16.7 Å². The number of nitrogens with zero attached hydrogens (tertiary/aromatic N) is 2. The van der Waals surface area contributed by atoms with E-state index in [1.165, 1.54) is 0 Å². The molecule has 21 heavy (non-hydrogen) atoms. The molecule has 5 heteroatoms. The van der Waals surface area contributed by atoms with Gasteiger partial charge in [-0.25, -0.2) is 0 Å². The summed E-state index contributed by atoms with van der Waals surface area (Å²) in [5.74, 6) is 0. The summed E-state index contributed by atoms with van der Waals surface area (Å²) in [6.45, 7) is 10.1. The zero-order valence-corrected chi connectivity index (χ0v) is 13.7. The van der Waals surface area contributed by atoms with Crippen molar-refractivity contribution in [3.63, 3.8) is 0 Å². The molecule has 1 unspecified atom stereocenters. The van der Waals surface area contributed by atoms with Crippen LogP contribution in [-0.4, -0.2) is 36.0 Å². The van der Waals surface area contributed by atoms with Gasteiger partial charge in [-0.2, -0.15) is 0 Å². The molecule has 1 N–H and O–H groups in total. The van der Waals surface area contributed by atoms with Crippen molar-refractivity contribution in [3.05, 3.63) is 39.4 Å². The first-order chi connectivity index (χ1) is 9.82. The first-order valence-electron chi connectivity index (χ1n) is 7.51. The summed E-state index contributed by atoms with van der Waals surface area (Å²) < 4.78 is 0. The zero-order valence-electron chi connectivity index (χ0n) is 13.7. The van der Waals surface area contributed by atoms with Gasteiger partial charge in [0.25, 0.3) is 5.69 Å². The van der Waals surface area contributed by atoms with Crippen molar-refractivity contribution in [1.82, 2.24) is 10.2 Å². The molecule has 1 rings (SSSR count). The van der Waals surface area contributed by atoms with Gasteiger partial charge in [-0.1, -0.05) is 12.1 Å². The first-order valence-corrected chi connectivity index (χ1v) is 7.51. The fourth-order valence-electron chi connectivity index (χ4n) is 2.12. The summed E-state index contributed by atoms with van der Waals surface area (Å²) in [5.41, 5.74) is 1.86. The van der Waals surface area contributed by atoms with Gasteiger partial charge < -0.3 is 10.2 Å². The second kappa shape index (κ2) is 8.10. The highest BCUT2D eigenvalue weighted by Crippen LogP contribution is 2.23. The van der Waals surface area contributed by atoms with Crippen LogP contribution in [0.25, 0.3) is 0 Å². The molecule has 5 nitrogen and oxygen atoms in total. The first kappa shape index (κ1) is 17.6. The number of hydrogen-bond donors (Lipinski definition) is 1. The molecule has 0 bridgehead atoms. The van der Waals surface area contributed by atoms with Gasteiger partial charge in [0, 0.05) is 23.7 Å². The van der Waals surface area contributed by atoms with Gasteiger partial charge in [0.15, 0.2) is 0 Å². The molecule has 1 atom stereocenters. The number of nitro groups is 1. The molecule has 0 amide bonds. The van der Waals surface area contributed by atoms with Crippen LogP contribution in [-0.2, 0) is 0 Å². The van der Waals surface area contributed by atoms with Crippen LogP contribution in [0.4, 0.5) is 5.69 Å². The van der Waals surface area contributed by atoms with Gasteiger partial charge in [0.1, 0.15) is 0 Å². The topological polar surface area (TPSA) is 58.4 Å². The Morgan fingerprint density at radius 1 is 1.33 bits per heavy atom. The van der Waals surface area contributed by atoms with Crippen LogP contribution in [0.1, 0.15) is 44.4 Å². The molecular formula is C16H27N3O2. The zero-order chi connectivity index (χ0) is 16.0. The normalized spacial score (nSPS) is 12.9. The molecule has 0 heterocycles. The van der Waals surface area contributed by atoms with Gasteiger partial charge in [-0.15, -0.1) is 0 Å². The van der Waals surface area contributed by atoms with Crippen molar-refractivity contribution in [3.8, 4) is 0 Å². The second-order valence-electron chi connectivity index (χ2n) is 5.91. The molecule has 0 radical (unpaired) electrons. The second-order valence-corrected chi connectivity index (χ2v) is 5.91. The molecule has 0 aliphatic rings. The molecule has 0 fully saturated rings. The van der Waals surface area contributed by atoms with Crippen LogP contribution in [0.5, 0.6) is 0 Å². The lowest BCUT2D eigenvalue weighted by molar-refractivity contribution is -0.385. The third-order valence-electron chi connectivity index (χ3n) is 3.95. The van der Waals surface area contributed by atoms with E-state index in [1.54, 1.807) is 13.0 Å². The van der Waals surface area contributed by atoms with Gasteiger partial charge >= 0.3 is 0 Å². The van der Waals surface area contributed by atoms with E-state index in [1.807, 2.05) is 19.1 Å². The van der Waals surface area contributed by atoms with E-state index in [0.29, 0.717) is 11.6 Å². The molecule has 0 aliphatic heterocycles. The molecular weight excluding hydrogens is 266 g/mol. The van der Waals surface area contributed by atoms with Crippen molar-refractivity contribution in [1.29, 1.82) is 0 Å². The molecule has 0 saturated carbocycles. The number of rotatable bonds is 8. The Morgan fingerprint density at radius 2 is 2.00 bits per heavy atom. The summed E-state index contributed by atoms with van der Waals surface area (Å²) in [6, 6.07) is 6.13. The minimum Gasteiger partial charge on any atom is -0.310 e. The van der Waals surface area contributed by atoms with Crippen LogP contribution in [0.3, 0.4) is 0 Å². The predicted octanol–water partition coefficient (Wildman–Crippen LogP) is 3.28. The molecule has 0 saturated heterocycles. The summed E-state index contributed by atoms with van der Waals surface area (Å²) in [7, 11) is 2.12. The van der Waals surface area contributed by atoms with Crippen LogP contribution in [0, 0.1) is 17.0 Å². The summed E-state index contributed by atoms with van der Waals surface area (Å²) in [5, 5.41) is 14.4. The maximum atomic E-state index is 11.0. The minimum atomic E-state index is -0.316. The third-order valence-corrected chi connectivity index (χ3v) is 3.95. The predicted molar refractivity (Wildman–Crippen MR) is 86.6 cm³/mol. The highest BCUT2D eigenvalue weighted by Gasteiger charge is 2.14. The number of nitrogens with one attached hydrogen (secondary N) is 1. The molecule has 1 aromatic carbocycles. The van der Waals surface area contributed by atoms with Gasteiger partial charge in [0.05, 0.1) is 4.92 Å². The Labute approximate surface area is 127 Å². The van der Waals surface area contributed by atoms with Crippen molar-refractivity contribution in [2.45, 2.75) is 46.2 Å². The lowest BCUT2D eigenvalue weighted by atomic mass is 10.0. The van der Waals surface area contributed by atoms with Gasteiger partial charge in [-0.05, 0) is 59.8 Å². The lowest BCUT2D eigenvalue weighted by Gasteiger charge is -2.21. The Morgan fingerprint density at radius 3 is 2.57 bits per heavy atom. The molecule has 0 spiro atoms. The smallest absolute Gasteiger partial charge is 0.272 e. The summed E-state index contributed by atoms with van der Waals surface area (Å²) >= 11 is 0. The average molecular weight is 293 g/mol. The Balaban J connectivity index is 2.51. The Hall–Kier alpha value is -1.46. The maximum Gasteiger partial charge on any atom is 0.272 e. The molecule has 0 aromatic heterocycles. The number of benzene rings is 1. The Kier molecular flexibility index (Phi) is 6.78. The quantitative estimate of drug-likeness (QED) is 0.454. The summed E-state index contributed by atoms with van der Waals surface area (Å²) in [4.78, 5) is 13.0. The standard InChI is InChI=1S/C16H27N3O2/c1-12(2)18(5)10-6-9-17-14(4)15-8-7-13(3)16(11-15)19(20)21/h7-8,11-12,14,17H,6,9-10H2,1-5H3. The lowest BCUT2D eigenvalue weighted by Crippen LogP contribution is -2.30. The maximum absolute atomic E-state index is 11.0. The Bertz CT molecular complexity index is 475.